The van der Waals surface area contributed by atoms with Crippen LogP contribution in [0.15, 0.2) is 28.7 Å². The summed E-state index contributed by atoms with van der Waals surface area (Å²) in [5, 5.41) is 8.32. The molecule has 0 N–H and O–H groups in total. The molecule has 2 nitrogen and oxygen atoms in total. The van der Waals surface area contributed by atoms with Crippen molar-refractivity contribution in [3.8, 4) is 6.07 Å². The van der Waals surface area contributed by atoms with Gasteiger partial charge in [0.15, 0.2) is 5.78 Å². The normalized spacial score (nSPS) is 9.43. The molecule has 0 fully saturated rings. The molecule has 0 spiro atoms. The second kappa shape index (κ2) is 5.56. The van der Waals surface area contributed by atoms with Crippen LogP contribution in [0.5, 0.6) is 0 Å². The van der Waals surface area contributed by atoms with Gasteiger partial charge in [-0.15, -0.1) is 0 Å². The van der Waals surface area contributed by atoms with E-state index in [1.54, 1.807) is 12.1 Å². The molecule has 14 heavy (non-hydrogen) atoms. The van der Waals surface area contributed by atoms with E-state index in [0.717, 1.165) is 4.47 Å². The zero-order valence-electron chi connectivity index (χ0n) is 7.66. The van der Waals surface area contributed by atoms with Gasteiger partial charge in [-0.25, -0.2) is 0 Å². The number of carbonyl (C=O) groups is 1. The van der Waals surface area contributed by atoms with Crippen molar-refractivity contribution in [1.82, 2.24) is 0 Å². The summed E-state index contributed by atoms with van der Waals surface area (Å²) in [6, 6.07) is 9.29. The fourth-order valence-electron chi connectivity index (χ4n) is 1.11. The van der Waals surface area contributed by atoms with Crippen molar-refractivity contribution in [3.05, 3.63) is 34.3 Å². The molecule has 0 heterocycles. The standard InChI is InChI=1S/C11H10BrNO/c12-10-6-4-9(5-7-10)11(14)3-1-2-8-13/h4-7H,1-3H2. The molecular formula is C11H10BrNO. The Labute approximate surface area is 91.7 Å². The lowest BCUT2D eigenvalue weighted by Gasteiger charge is -1.98. The Morgan fingerprint density at radius 2 is 2.00 bits per heavy atom. The third-order valence-electron chi connectivity index (χ3n) is 1.86. The second-order valence-corrected chi connectivity index (χ2v) is 3.86. The van der Waals surface area contributed by atoms with Crippen LogP contribution in [0, 0.1) is 11.3 Å². The monoisotopic (exact) mass is 251 g/mol. The summed E-state index contributed by atoms with van der Waals surface area (Å²) in [4.78, 5) is 11.5. The molecular weight excluding hydrogens is 242 g/mol. The van der Waals surface area contributed by atoms with Crippen LogP contribution in [-0.4, -0.2) is 5.78 Å². The third kappa shape index (κ3) is 3.31. The van der Waals surface area contributed by atoms with Gasteiger partial charge in [0.1, 0.15) is 0 Å². The Bertz CT molecular complexity index is 351. The first-order valence-corrected chi connectivity index (χ1v) is 5.19. The summed E-state index contributed by atoms with van der Waals surface area (Å²) >= 11 is 3.30. The van der Waals surface area contributed by atoms with Crippen LogP contribution in [0.25, 0.3) is 0 Å². The maximum Gasteiger partial charge on any atom is 0.162 e. The number of halogens is 1. The van der Waals surface area contributed by atoms with Crippen LogP contribution in [0.1, 0.15) is 29.6 Å². The highest BCUT2D eigenvalue weighted by molar-refractivity contribution is 9.10. The van der Waals surface area contributed by atoms with Crippen molar-refractivity contribution in [2.45, 2.75) is 19.3 Å². The molecule has 72 valence electrons. The van der Waals surface area contributed by atoms with Crippen molar-refractivity contribution in [3.63, 3.8) is 0 Å². The van der Waals surface area contributed by atoms with E-state index in [0.29, 0.717) is 24.8 Å². The van der Waals surface area contributed by atoms with Gasteiger partial charge in [0.05, 0.1) is 6.07 Å². The van der Waals surface area contributed by atoms with E-state index in [1.165, 1.54) is 0 Å². The number of nitrogens with zero attached hydrogens (tertiary/aromatic N) is 1. The highest BCUT2D eigenvalue weighted by Gasteiger charge is 2.04. The summed E-state index contributed by atoms with van der Waals surface area (Å²) in [6.07, 6.45) is 1.54. The van der Waals surface area contributed by atoms with Crippen LogP contribution in [0.4, 0.5) is 0 Å². The highest BCUT2D eigenvalue weighted by Crippen LogP contribution is 2.12. The van der Waals surface area contributed by atoms with Gasteiger partial charge in [0.2, 0.25) is 0 Å². The lowest BCUT2D eigenvalue weighted by molar-refractivity contribution is 0.0980. The quantitative estimate of drug-likeness (QED) is 0.609. The first-order valence-electron chi connectivity index (χ1n) is 4.40. The Kier molecular flexibility index (Phi) is 4.34. The molecule has 1 aromatic rings. The number of unbranched alkanes of at least 4 members (excludes halogenated alkanes) is 1. The van der Waals surface area contributed by atoms with Gasteiger partial charge in [-0.3, -0.25) is 4.79 Å². The van der Waals surface area contributed by atoms with Crippen molar-refractivity contribution in [2.75, 3.05) is 0 Å². The second-order valence-electron chi connectivity index (χ2n) is 2.94. The van der Waals surface area contributed by atoms with Crippen molar-refractivity contribution < 1.29 is 4.79 Å². The molecule has 1 aromatic carbocycles. The predicted octanol–water partition coefficient (Wildman–Crippen LogP) is 3.33. The summed E-state index contributed by atoms with van der Waals surface area (Å²) in [7, 11) is 0. The van der Waals surface area contributed by atoms with E-state index in [4.69, 9.17) is 5.26 Å². The van der Waals surface area contributed by atoms with Crippen molar-refractivity contribution >= 4 is 21.7 Å². The molecule has 0 saturated heterocycles. The molecule has 0 aliphatic rings. The number of hydrogen-bond acceptors (Lipinski definition) is 2. The maximum absolute atomic E-state index is 11.5. The molecule has 0 atom stereocenters. The van der Waals surface area contributed by atoms with Crippen LogP contribution in [0.3, 0.4) is 0 Å². The van der Waals surface area contributed by atoms with Crippen molar-refractivity contribution in [2.24, 2.45) is 0 Å². The molecule has 0 aromatic heterocycles. The molecule has 0 aliphatic heterocycles. The molecule has 0 saturated carbocycles. The topological polar surface area (TPSA) is 40.9 Å². The van der Waals surface area contributed by atoms with Crippen LogP contribution in [-0.2, 0) is 0 Å². The SMILES string of the molecule is N#CCCCC(=O)c1ccc(Br)cc1. The van der Waals surface area contributed by atoms with Gasteiger partial charge in [0.25, 0.3) is 0 Å². The van der Waals surface area contributed by atoms with E-state index in [9.17, 15) is 4.79 Å². The fourth-order valence-corrected chi connectivity index (χ4v) is 1.37. The average Bonchev–Trinajstić information content (AvgIpc) is 2.19. The van der Waals surface area contributed by atoms with Gasteiger partial charge in [-0.1, -0.05) is 28.1 Å². The van der Waals surface area contributed by atoms with E-state index in [2.05, 4.69) is 15.9 Å². The zero-order valence-corrected chi connectivity index (χ0v) is 9.25. The predicted molar refractivity (Wildman–Crippen MR) is 57.9 cm³/mol. The maximum atomic E-state index is 11.5. The largest absolute Gasteiger partial charge is 0.294 e. The minimum absolute atomic E-state index is 0.104. The first kappa shape index (κ1) is 10.9. The van der Waals surface area contributed by atoms with Crippen LogP contribution < -0.4 is 0 Å². The van der Waals surface area contributed by atoms with Gasteiger partial charge >= 0.3 is 0 Å². The lowest BCUT2D eigenvalue weighted by Crippen LogP contribution is -1.97. The molecule has 0 radical (unpaired) electrons. The van der Waals surface area contributed by atoms with Gasteiger partial charge in [-0.05, 0) is 18.6 Å². The van der Waals surface area contributed by atoms with E-state index in [-0.39, 0.29) is 5.78 Å². The summed E-state index contributed by atoms with van der Waals surface area (Å²) in [6.45, 7) is 0. The Hall–Kier alpha value is -1.14. The molecule has 1 rings (SSSR count). The Morgan fingerprint density at radius 3 is 2.57 bits per heavy atom. The Balaban J connectivity index is 2.53. The van der Waals surface area contributed by atoms with Crippen LogP contribution in [0.2, 0.25) is 0 Å². The molecule has 0 aliphatic carbocycles. The van der Waals surface area contributed by atoms with Crippen LogP contribution >= 0.6 is 15.9 Å². The van der Waals surface area contributed by atoms with Gasteiger partial charge < -0.3 is 0 Å². The van der Waals surface area contributed by atoms with E-state index >= 15 is 0 Å². The molecule has 3 heteroatoms. The Morgan fingerprint density at radius 1 is 1.36 bits per heavy atom. The summed E-state index contributed by atoms with van der Waals surface area (Å²) in [5.41, 5.74) is 0.714. The lowest BCUT2D eigenvalue weighted by atomic mass is 10.1. The molecule has 0 amide bonds. The van der Waals surface area contributed by atoms with Gasteiger partial charge in [0, 0.05) is 22.9 Å². The highest BCUT2D eigenvalue weighted by atomic mass is 79.9. The summed E-state index contributed by atoms with van der Waals surface area (Å²) < 4.78 is 0.964. The number of Topliss-reactive ketones (excluding diaryl/α,β-unsaturated/α-hetero) is 1. The van der Waals surface area contributed by atoms with Gasteiger partial charge in [-0.2, -0.15) is 5.26 Å². The number of benzene rings is 1. The number of nitriles is 1. The summed E-state index contributed by atoms with van der Waals surface area (Å²) in [5.74, 6) is 0.104. The minimum atomic E-state index is 0.104. The minimum Gasteiger partial charge on any atom is -0.294 e. The number of ketones is 1. The third-order valence-corrected chi connectivity index (χ3v) is 2.39. The zero-order chi connectivity index (χ0) is 10.4. The molecule has 0 bridgehead atoms. The first-order chi connectivity index (χ1) is 6.74. The number of carbonyl (C=O) groups excluding carboxylic acids is 1. The average molecular weight is 252 g/mol. The van der Waals surface area contributed by atoms with E-state index in [1.807, 2.05) is 18.2 Å². The smallest absolute Gasteiger partial charge is 0.162 e. The molecule has 0 unspecified atom stereocenters. The van der Waals surface area contributed by atoms with E-state index < -0.39 is 0 Å². The van der Waals surface area contributed by atoms with Crippen molar-refractivity contribution in [1.29, 1.82) is 5.26 Å². The fraction of sp³-hybridized carbons (Fsp3) is 0.273. The number of hydrogen-bond donors (Lipinski definition) is 0. The number of rotatable bonds is 4.